The number of benzene rings is 8. The summed E-state index contributed by atoms with van der Waals surface area (Å²) in [4.78, 5) is 15.6. The van der Waals surface area contributed by atoms with Crippen molar-refractivity contribution in [1.29, 1.82) is 0 Å². The fourth-order valence-electron chi connectivity index (χ4n) is 9.63. The van der Waals surface area contributed by atoms with Crippen LogP contribution in [-0.4, -0.2) is 33.2 Å². The minimum Gasteiger partial charge on any atom is -0.295 e. The van der Waals surface area contributed by atoms with Crippen molar-refractivity contribution in [3.8, 4) is 45.8 Å². The van der Waals surface area contributed by atoms with E-state index in [0.29, 0.717) is 17.6 Å². The molecule has 0 unspecified atom stereocenters. The summed E-state index contributed by atoms with van der Waals surface area (Å²) in [6, 6.07) is 74.8. The maximum atomic E-state index is 5.28. The molecular formula is C55H35N7. The first-order valence-corrected chi connectivity index (χ1v) is 20.9. The molecule has 0 amide bonds. The van der Waals surface area contributed by atoms with Gasteiger partial charge in [-0.05, 0) is 54.6 Å². The quantitative estimate of drug-likeness (QED) is 0.168. The predicted molar refractivity (Wildman–Crippen MR) is 253 cm³/mol. The van der Waals surface area contributed by atoms with E-state index in [1.165, 1.54) is 21.7 Å². The van der Waals surface area contributed by atoms with Gasteiger partial charge in [0.1, 0.15) is 11.3 Å². The normalized spacial score (nSPS) is 11.9. The Balaban J connectivity index is 1.13. The summed E-state index contributed by atoms with van der Waals surface area (Å²) in [6.45, 7) is 0. The molecule has 0 saturated carbocycles. The molecule has 7 nitrogen and oxygen atoms in total. The molecule has 8 aromatic carbocycles. The second kappa shape index (κ2) is 13.5. The molecule has 0 N–H and O–H groups in total. The van der Waals surface area contributed by atoms with Gasteiger partial charge in [0.15, 0.2) is 11.6 Å². The Kier molecular flexibility index (Phi) is 7.47. The molecule has 5 aromatic heterocycles. The van der Waals surface area contributed by atoms with Crippen LogP contribution in [0.2, 0.25) is 0 Å². The number of hydrogen-bond donors (Lipinski definition) is 0. The van der Waals surface area contributed by atoms with Gasteiger partial charge in [-0.25, -0.2) is 4.98 Å². The Morgan fingerprint density at radius 2 is 0.613 bits per heavy atom. The molecule has 13 rings (SSSR count). The van der Waals surface area contributed by atoms with Crippen molar-refractivity contribution in [2.24, 2.45) is 0 Å². The summed E-state index contributed by atoms with van der Waals surface area (Å²) in [5.41, 5.74) is 11.6. The van der Waals surface area contributed by atoms with Crippen LogP contribution < -0.4 is 0 Å². The Labute approximate surface area is 355 Å². The largest absolute Gasteiger partial charge is 0.295 e. The van der Waals surface area contributed by atoms with Crippen LogP contribution in [0, 0.1) is 0 Å². The first-order valence-electron chi connectivity index (χ1n) is 20.9. The van der Waals surface area contributed by atoms with Crippen LogP contribution >= 0.6 is 0 Å². The summed E-state index contributed by atoms with van der Waals surface area (Å²) >= 11 is 0. The summed E-state index contributed by atoms with van der Waals surface area (Å²) in [5.74, 6) is 1.78. The molecule has 13 aromatic rings. The highest BCUT2D eigenvalue weighted by Gasteiger charge is 2.26. The molecule has 0 radical (unpaired) electrons. The van der Waals surface area contributed by atoms with E-state index in [0.717, 1.165) is 72.2 Å². The number of para-hydroxylation sites is 5. The first-order chi connectivity index (χ1) is 30.8. The Bertz CT molecular complexity index is 3800. The fraction of sp³-hybridized carbons (Fsp3) is 0. The lowest BCUT2D eigenvalue weighted by Crippen LogP contribution is -2.09. The van der Waals surface area contributed by atoms with Crippen molar-refractivity contribution >= 4 is 65.7 Å². The average Bonchev–Trinajstić information content (AvgIpc) is 4.07. The smallest absolute Gasteiger partial charge is 0.239 e. The van der Waals surface area contributed by atoms with Crippen LogP contribution in [0.25, 0.3) is 111 Å². The second-order valence-corrected chi connectivity index (χ2v) is 15.7. The lowest BCUT2D eigenvalue weighted by molar-refractivity contribution is 0.932. The van der Waals surface area contributed by atoms with E-state index < -0.39 is 0 Å². The molecule has 7 heteroatoms. The third-order valence-electron chi connectivity index (χ3n) is 12.2. The van der Waals surface area contributed by atoms with Crippen molar-refractivity contribution in [2.45, 2.75) is 0 Å². The Hall–Kier alpha value is -8.55. The molecule has 0 atom stereocenters. The number of nitrogens with zero attached hydrogens (tertiary/aromatic N) is 7. The van der Waals surface area contributed by atoms with Crippen molar-refractivity contribution in [3.63, 3.8) is 0 Å². The van der Waals surface area contributed by atoms with E-state index >= 15 is 0 Å². The molecule has 0 bridgehead atoms. The van der Waals surface area contributed by atoms with Gasteiger partial charge in [0.05, 0.1) is 22.1 Å². The summed E-state index contributed by atoms with van der Waals surface area (Å²) in [5, 5.41) is 7.09. The third kappa shape index (κ3) is 5.02. The number of hydrogen-bond acceptors (Lipinski definition) is 3. The summed E-state index contributed by atoms with van der Waals surface area (Å²) in [7, 11) is 0. The van der Waals surface area contributed by atoms with Gasteiger partial charge in [0.25, 0.3) is 0 Å². The van der Waals surface area contributed by atoms with Crippen LogP contribution in [0.5, 0.6) is 0 Å². The molecule has 290 valence electrons. The van der Waals surface area contributed by atoms with Crippen molar-refractivity contribution in [1.82, 2.24) is 33.2 Å². The molecule has 0 aliphatic carbocycles. The molecule has 0 fully saturated rings. The topological polar surface area (TPSA) is 58.4 Å². The molecule has 0 aliphatic heterocycles. The molecule has 0 spiro atoms. The predicted octanol–water partition coefficient (Wildman–Crippen LogP) is 13.3. The van der Waals surface area contributed by atoms with E-state index in [2.05, 4.69) is 194 Å². The van der Waals surface area contributed by atoms with E-state index in [1.807, 2.05) is 36.4 Å². The SMILES string of the molecule is c1ccc(-c2nc(-c3ccccc3)nc(-n3c4ccccc4c4c5ccccc5n(-c5cccc(-n6c7ccccc7c7c8ccccc8n(-c8ccccc8)c76)c5)c43)n2)cc1. The van der Waals surface area contributed by atoms with Gasteiger partial charge in [-0.15, -0.1) is 0 Å². The van der Waals surface area contributed by atoms with Crippen LogP contribution in [0.4, 0.5) is 0 Å². The third-order valence-corrected chi connectivity index (χ3v) is 12.2. The minimum atomic E-state index is 0.551. The maximum Gasteiger partial charge on any atom is 0.239 e. The molecule has 0 saturated heterocycles. The first kappa shape index (κ1) is 34.3. The fourth-order valence-corrected chi connectivity index (χ4v) is 9.63. The highest BCUT2D eigenvalue weighted by atomic mass is 15.2. The van der Waals surface area contributed by atoms with E-state index in [-0.39, 0.29) is 0 Å². The Morgan fingerprint density at radius 3 is 1.06 bits per heavy atom. The molecular weight excluding hydrogens is 759 g/mol. The van der Waals surface area contributed by atoms with Crippen molar-refractivity contribution < 1.29 is 0 Å². The Morgan fingerprint density at radius 1 is 0.274 bits per heavy atom. The minimum absolute atomic E-state index is 0.551. The number of rotatable bonds is 6. The van der Waals surface area contributed by atoms with Crippen LogP contribution in [0.1, 0.15) is 0 Å². The monoisotopic (exact) mass is 793 g/mol. The van der Waals surface area contributed by atoms with Gasteiger partial charge in [0.2, 0.25) is 5.95 Å². The zero-order chi connectivity index (χ0) is 40.7. The van der Waals surface area contributed by atoms with Crippen molar-refractivity contribution in [2.75, 3.05) is 0 Å². The summed E-state index contributed by atoms with van der Waals surface area (Å²) < 4.78 is 9.46. The van der Waals surface area contributed by atoms with Gasteiger partial charge in [-0.2, -0.15) is 9.97 Å². The highest BCUT2D eigenvalue weighted by Crippen LogP contribution is 2.43. The van der Waals surface area contributed by atoms with E-state index in [1.54, 1.807) is 0 Å². The molecule has 62 heavy (non-hydrogen) atoms. The average molecular weight is 794 g/mol. The van der Waals surface area contributed by atoms with Gasteiger partial charge < -0.3 is 0 Å². The van der Waals surface area contributed by atoms with Gasteiger partial charge in [-0.1, -0.05) is 158 Å². The van der Waals surface area contributed by atoms with Gasteiger partial charge in [0, 0.05) is 60.5 Å². The highest BCUT2D eigenvalue weighted by molar-refractivity contribution is 6.23. The second-order valence-electron chi connectivity index (χ2n) is 15.7. The molecule has 5 heterocycles. The zero-order valence-electron chi connectivity index (χ0n) is 33.3. The van der Waals surface area contributed by atoms with E-state index in [9.17, 15) is 0 Å². The van der Waals surface area contributed by atoms with Crippen LogP contribution in [0.15, 0.2) is 212 Å². The van der Waals surface area contributed by atoms with Crippen LogP contribution in [0.3, 0.4) is 0 Å². The van der Waals surface area contributed by atoms with Gasteiger partial charge in [-0.3, -0.25) is 18.3 Å². The lowest BCUT2D eigenvalue weighted by atomic mass is 10.1. The van der Waals surface area contributed by atoms with Gasteiger partial charge >= 0.3 is 0 Å². The summed E-state index contributed by atoms with van der Waals surface area (Å²) in [6.07, 6.45) is 0. The number of fused-ring (bicyclic) bond motifs is 10. The zero-order valence-corrected chi connectivity index (χ0v) is 33.3. The maximum absolute atomic E-state index is 5.28. The van der Waals surface area contributed by atoms with Crippen molar-refractivity contribution in [3.05, 3.63) is 212 Å². The molecule has 0 aliphatic rings. The standard InChI is InChI=1S/C55H35N7/c1-4-19-36(20-5-1)51-56-52(37-21-6-2-7-22-37)58-55(57-51)62-48-34-17-13-30-44(48)50-43-29-12-16-33-47(43)61(54(50)62)40-26-18-25-39(35-40)60-46-32-15-11-28-42(46)49-41-27-10-14-31-45(41)59(53(49)60)38-23-8-3-9-24-38/h1-35H. The number of aromatic nitrogens is 7. The lowest BCUT2D eigenvalue weighted by Gasteiger charge is -2.16. The van der Waals surface area contributed by atoms with E-state index in [4.69, 9.17) is 15.0 Å². The van der Waals surface area contributed by atoms with Crippen LogP contribution in [-0.2, 0) is 0 Å².